The molecule has 0 unspecified atom stereocenters. The number of likely N-dealkylation sites (N-methyl/N-ethyl adjacent to an activating group) is 1. The fourth-order valence-corrected chi connectivity index (χ4v) is 4.41. The maximum absolute atomic E-state index is 13.0. The molecule has 1 N–H and O–H groups in total. The number of nitrogens with zero attached hydrogens (tertiary/aromatic N) is 4. The molecule has 1 fully saturated rings. The number of benzene rings is 1. The number of anilines is 1. The number of hydrogen-bond acceptors (Lipinski definition) is 5. The summed E-state index contributed by atoms with van der Waals surface area (Å²) in [5.41, 5.74) is 3.41. The van der Waals surface area contributed by atoms with Crippen molar-refractivity contribution < 1.29 is 9.18 Å². The van der Waals surface area contributed by atoms with E-state index in [-0.39, 0.29) is 17.6 Å². The molecule has 4 rings (SSSR count). The number of carbonyl (C=O) groups is 1. The largest absolute Gasteiger partial charge is 0.373 e. The molecule has 1 aromatic heterocycles. The quantitative estimate of drug-likeness (QED) is 0.792. The Hall–Kier alpha value is -2.54. The zero-order valence-electron chi connectivity index (χ0n) is 17.8. The Bertz CT molecular complexity index is 884. The number of aromatic nitrogens is 2. The van der Waals surface area contributed by atoms with Gasteiger partial charge >= 0.3 is 0 Å². The van der Waals surface area contributed by atoms with Gasteiger partial charge in [0.1, 0.15) is 17.5 Å². The molecule has 2 aliphatic heterocycles. The third-order valence-electron chi connectivity index (χ3n) is 6.18. The molecule has 1 amide bonds. The number of aryl methyl sites for hydroxylation is 1. The predicted octanol–water partition coefficient (Wildman–Crippen LogP) is 2.98. The van der Waals surface area contributed by atoms with Crippen molar-refractivity contribution in [3.8, 4) is 0 Å². The van der Waals surface area contributed by atoms with Gasteiger partial charge in [-0.05, 0) is 44.0 Å². The molecule has 0 saturated carbocycles. The van der Waals surface area contributed by atoms with Crippen LogP contribution >= 0.6 is 0 Å². The number of hydrogen-bond donors (Lipinski definition) is 1. The van der Waals surface area contributed by atoms with Gasteiger partial charge in [-0.25, -0.2) is 14.4 Å². The van der Waals surface area contributed by atoms with Crippen LogP contribution in [0.2, 0.25) is 0 Å². The molecule has 2 aromatic rings. The Morgan fingerprint density at radius 1 is 1.23 bits per heavy atom. The summed E-state index contributed by atoms with van der Waals surface area (Å²) in [7, 11) is 4.03. The van der Waals surface area contributed by atoms with Crippen LogP contribution in [0.3, 0.4) is 0 Å². The third kappa shape index (κ3) is 4.61. The van der Waals surface area contributed by atoms with Gasteiger partial charge in [-0.15, -0.1) is 0 Å². The second-order valence-corrected chi connectivity index (χ2v) is 8.40. The summed E-state index contributed by atoms with van der Waals surface area (Å²) in [4.78, 5) is 26.6. The van der Waals surface area contributed by atoms with Crippen LogP contribution < -0.4 is 5.32 Å². The number of amides is 1. The van der Waals surface area contributed by atoms with Gasteiger partial charge < -0.3 is 15.1 Å². The smallest absolute Gasteiger partial charge is 0.222 e. The Balaban J connectivity index is 1.34. The van der Waals surface area contributed by atoms with Gasteiger partial charge in [0, 0.05) is 57.5 Å². The van der Waals surface area contributed by atoms with E-state index in [1.165, 1.54) is 17.7 Å². The lowest BCUT2D eigenvalue weighted by Crippen LogP contribution is -2.30. The lowest BCUT2D eigenvalue weighted by atomic mass is 10.0. The first kappa shape index (κ1) is 20.7. The van der Waals surface area contributed by atoms with Gasteiger partial charge in [-0.1, -0.05) is 12.1 Å². The second-order valence-electron chi connectivity index (χ2n) is 8.40. The van der Waals surface area contributed by atoms with Crippen LogP contribution in [0.1, 0.15) is 47.8 Å². The topological polar surface area (TPSA) is 61.4 Å². The fourth-order valence-electron chi connectivity index (χ4n) is 4.41. The average Bonchev–Trinajstić information content (AvgIpc) is 3.25. The summed E-state index contributed by atoms with van der Waals surface area (Å²) in [6.45, 7) is 3.33. The summed E-state index contributed by atoms with van der Waals surface area (Å²) in [6.07, 6.45) is 3.93. The molecule has 3 heterocycles. The highest BCUT2D eigenvalue weighted by Crippen LogP contribution is 2.30. The van der Waals surface area contributed by atoms with Crippen molar-refractivity contribution in [3.05, 3.63) is 52.7 Å². The van der Waals surface area contributed by atoms with Crippen molar-refractivity contribution in [1.82, 2.24) is 19.8 Å². The summed E-state index contributed by atoms with van der Waals surface area (Å²) >= 11 is 0. The number of rotatable bonds is 6. The third-order valence-corrected chi connectivity index (χ3v) is 6.18. The van der Waals surface area contributed by atoms with Gasteiger partial charge in [-0.2, -0.15) is 0 Å². The van der Waals surface area contributed by atoms with Crippen LogP contribution in [0.4, 0.5) is 10.2 Å². The number of fused-ring (bicyclic) bond motifs is 1. The zero-order chi connectivity index (χ0) is 21.1. The molecule has 0 spiro atoms. The van der Waals surface area contributed by atoms with Crippen molar-refractivity contribution in [3.63, 3.8) is 0 Å². The number of carbonyl (C=O) groups excluding carboxylic acids is 1. The van der Waals surface area contributed by atoms with E-state index < -0.39 is 0 Å². The molecule has 6 nitrogen and oxygen atoms in total. The molecule has 1 atom stereocenters. The molecular formula is C23H30FN5O. The summed E-state index contributed by atoms with van der Waals surface area (Å²) in [6, 6.07) is 6.52. The van der Waals surface area contributed by atoms with Crippen molar-refractivity contribution in [2.24, 2.45) is 0 Å². The molecule has 7 heteroatoms. The van der Waals surface area contributed by atoms with E-state index in [0.29, 0.717) is 13.0 Å². The molecular weight excluding hydrogens is 381 g/mol. The minimum Gasteiger partial charge on any atom is -0.373 e. The van der Waals surface area contributed by atoms with Gasteiger partial charge in [0.15, 0.2) is 0 Å². The Morgan fingerprint density at radius 3 is 2.80 bits per heavy atom. The monoisotopic (exact) mass is 411 g/mol. The van der Waals surface area contributed by atoms with Gasteiger partial charge in [0.25, 0.3) is 0 Å². The van der Waals surface area contributed by atoms with Crippen LogP contribution in [0.25, 0.3) is 0 Å². The lowest BCUT2D eigenvalue weighted by Gasteiger charge is -2.26. The molecule has 0 aliphatic carbocycles. The van der Waals surface area contributed by atoms with E-state index in [4.69, 9.17) is 9.97 Å². The van der Waals surface area contributed by atoms with E-state index in [9.17, 15) is 9.18 Å². The number of halogens is 1. The number of likely N-dealkylation sites (tertiary alicyclic amines) is 1. The Labute approximate surface area is 177 Å². The lowest BCUT2D eigenvalue weighted by molar-refractivity contribution is -0.130. The molecule has 0 radical (unpaired) electrons. The highest BCUT2D eigenvalue weighted by Gasteiger charge is 2.30. The van der Waals surface area contributed by atoms with Crippen molar-refractivity contribution in [2.75, 3.05) is 39.0 Å². The van der Waals surface area contributed by atoms with Crippen molar-refractivity contribution in [1.29, 1.82) is 0 Å². The highest BCUT2D eigenvalue weighted by molar-refractivity contribution is 5.76. The fraction of sp³-hybridized carbons (Fsp3) is 0.522. The standard InChI is InChI=1S/C23H30FN5O/c1-25-23-19-15-28(2)12-11-20(19)26-22(27-23)17-10-13-29(14-17)21(30)5-3-4-16-6-8-18(24)9-7-16/h6-9,17H,3-5,10-15H2,1-2H3,(H,25,26,27)/t17-/m1/s1. The summed E-state index contributed by atoms with van der Waals surface area (Å²) in [5.74, 6) is 1.95. The Morgan fingerprint density at radius 2 is 2.03 bits per heavy atom. The van der Waals surface area contributed by atoms with Crippen LogP contribution in [0, 0.1) is 5.82 Å². The van der Waals surface area contributed by atoms with Crippen LogP contribution in [0.5, 0.6) is 0 Å². The van der Waals surface area contributed by atoms with Gasteiger partial charge in [0.05, 0.1) is 5.69 Å². The van der Waals surface area contributed by atoms with E-state index >= 15 is 0 Å². The molecule has 2 aliphatic rings. The zero-order valence-corrected chi connectivity index (χ0v) is 17.8. The molecule has 1 aromatic carbocycles. The molecule has 1 saturated heterocycles. The minimum atomic E-state index is -0.226. The van der Waals surface area contributed by atoms with E-state index in [0.717, 1.165) is 68.2 Å². The summed E-state index contributed by atoms with van der Waals surface area (Å²) in [5, 5.41) is 3.24. The maximum atomic E-state index is 13.0. The number of nitrogens with one attached hydrogen (secondary N) is 1. The Kier molecular flexibility index (Phi) is 6.27. The first-order chi connectivity index (χ1) is 14.5. The van der Waals surface area contributed by atoms with Gasteiger partial charge in [0.2, 0.25) is 5.91 Å². The second kappa shape index (κ2) is 9.08. The van der Waals surface area contributed by atoms with E-state index in [1.54, 1.807) is 12.1 Å². The van der Waals surface area contributed by atoms with E-state index in [1.807, 2.05) is 11.9 Å². The minimum absolute atomic E-state index is 0.188. The van der Waals surface area contributed by atoms with Crippen LogP contribution in [-0.4, -0.2) is 59.4 Å². The van der Waals surface area contributed by atoms with Crippen molar-refractivity contribution >= 4 is 11.7 Å². The first-order valence-electron chi connectivity index (χ1n) is 10.8. The van der Waals surface area contributed by atoms with Crippen LogP contribution in [-0.2, 0) is 24.2 Å². The molecule has 160 valence electrons. The summed E-state index contributed by atoms with van der Waals surface area (Å²) < 4.78 is 13.0. The SMILES string of the molecule is CNc1nc([C@@H]2CCN(C(=O)CCCc3ccc(F)cc3)C2)nc2c1CN(C)CC2. The highest BCUT2D eigenvalue weighted by atomic mass is 19.1. The molecule has 30 heavy (non-hydrogen) atoms. The predicted molar refractivity (Wildman–Crippen MR) is 115 cm³/mol. The molecule has 0 bridgehead atoms. The first-order valence-corrected chi connectivity index (χ1v) is 10.8. The van der Waals surface area contributed by atoms with Crippen molar-refractivity contribution in [2.45, 2.75) is 44.6 Å². The maximum Gasteiger partial charge on any atom is 0.222 e. The van der Waals surface area contributed by atoms with Gasteiger partial charge in [-0.3, -0.25) is 4.79 Å². The normalized spacial score (nSPS) is 19.0. The average molecular weight is 412 g/mol. The van der Waals surface area contributed by atoms with E-state index in [2.05, 4.69) is 17.3 Å². The van der Waals surface area contributed by atoms with Crippen LogP contribution in [0.15, 0.2) is 24.3 Å².